The SMILES string of the molecule is NC(=O)c1cccc(C(=O)O)c1[N+](=O)[O-]. The summed E-state index contributed by atoms with van der Waals surface area (Å²) < 4.78 is 0. The monoisotopic (exact) mass is 210 g/mol. The molecule has 0 radical (unpaired) electrons. The van der Waals surface area contributed by atoms with Crippen molar-refractivity contribution in [3.05, 3.63) is 39.4 Å². The molecule has 1 aromatic carbocycles. The Kier molecular flexibility index (Phi) is 2.65. The molecule has 0 aliphatic heterocycles. The number of aromatic carboxylic acids is 1. The molecule has 0 aliphatic rings. The molecule has 0 unspecified atom stereocenters. The topological polar surface area (TPSA) is 124 Å². The van der Waals surface area contributed by atoms with Gasteiger partial charge < -0.3 is 10.8 Å². The van der Waals surface area contributed by atoms with Crippen molar-refractivity contribution in [3.63, 3.8) is 0 Å². The maximum atomic E-state index is 10.8. The zero-order valence-corrected chi connectivity index (χ0v) is 7.34. The molecule has 0 aliphatic carbocycles. The molecule has 15 heavy (non-hydrogen) atoms. The van der Waals surface area contributed by atoms with Gasteiger partial charge in [-0.2, -0.15) is 0 Å². The molecule has 0 heterocycles. The highest BCUT2D eigenvalue weighted by molar-refractivity contribution is 6.03. The van der Waals surface area contributed by atoms with E-state index in [1.807, 2.05) is 0 Å². The summed E-state index contributed by atoms with van der Waals surface area (Å²) in [6.07, 6.45) is 0. The van der Waals surface area contributed by atoms with Gasteiger partial charge in [0.25, 0.3) is 11.6 Å². The van der Waals surface area contributed by atoms with Crippen LogP contribution in [0.2, 0.25) is 0 Å². The summed E-state index contributed by atoms with van der Waals surface area (Å²) in [5.74, 6) is -2.52. The highest BCUT2D eigenvalue weighted by atomic mass is 16.6. The quantitative estimate of drug-likeness (QED) is 0.551. The number of carboxylic acids is 1. The Morgan fingerprint density at radius 3 is 2.27 bits per heavy atom. The van der Waals surface area contributed by atoms with Crippen molar-refractivity contribution in [2.24, 2.45) is 5.73 Å². The van der Waals surface area contributed by atoms with Gasteiger partial charge in [-0.05, 0) is 12.1 Å². The van der Waals surface area contributed by atoms with Crippen molar-refractivity contribution in [2.75, 3.05) is 0 Å². The summed E-state index contributed by atoms with van der Waals surface area (Å²) >= 11 is 0. The van der Waals surface area contributed by atoms with E-state index in [1.54, 1.807) is 0 Å². The second kappa shape index (κ2) is 3.74. The van der Waals surface area contributed by atoms with Crippen molar-refractivity contribution in [1.29, 1.82) is 0 Å². The molecular weight excluding hydrogens is 204 g/mol. The molecule has 1 rings (SSSR count). The highest BCUT2D eigenvalue weighted by Gasteiger charge is 2.26. The van der Waals surface area contributed by atoms with Gasteiger partial charge in [0.05, 0.1) is 4.92 Å². The summed E-state index contributed by atoms with van der Waals surface area (Å²) in [5.41, 5.74) is 3.13. The van der Waals surface area contributed by atoms with Crippen LogP contribution in [0, 0.1) is 10.1 Å². The van der Waals surface area contributed by atoms with Gasteiger partial charge in [0.2, 0.25) is 0 Å². The van der Waals surface area contributed by atoms with Crippen LogP contribution in [-0.2, 0) is 0 Å². The Morgan fingerprint density at radius 2 is 1.87 bits per heavy atom. The van der Waals surface area contributed by atoms with E-state index in [-0.39, 0.29) is 0 Å². The summed E-state index contributed by atoms with van der Waals surface area (Å²) in [5, 5.41) is 19.3. The first-order valence-corrected chi connectivity index (χ1v) is 3.75. The minimum absolute atomic E-state index is 0.417. The Balaban J connectivity index is 3.56. The Morgan fingerprint density at radius 1 is 1.33 bits per heavy atom. The van der Waals surface area contributed by atoms with Crippen molar-refractivity contribution in [1.82, 2.24) is 0 Å². The second-order valence-corrected chi connectivity index (χ2v) is 2.63. The van der Waals surface area contributed by atoms with Crippen molar-refractivity contribution < 1.29 is 19.6 Å². The predicted octanol–water partition coefficient (Wildman–Crippen LogP) is 0.392. The number of para-hydroxylation sites is 1. The molecule has 0 aromatic heterocycles. The zero-order valence-electron chi connectivity index (χ0n) is 7.34. The third-order valence-corrected chi connectivity index (χ3v) is 1.71. The molecule has 1 aromatic rings. The summed E-state index contributed by atoms with van der Waals surface area (Å²) in [6.45, 7) is 0. The fourth-order valence-corrected chi connectivity index (χ4v) is 1.11. The standard InChI is InChI=1S/C8H6N2O5/c9-7(11)4-2-1-3-5(8(12)13)6(4)10(14)15/h1-3H,(H2,9,11)(H,12,13). The number of carbonyl (C=O) groups is 2. The minimum atomic E-state index is -1.48. The number of hydrogen-bond donors (Lipinski definition) is 2. The van der Waals surface area contributed by atoms with Crippen LogP contribution in [0.25, 0.3) is 0 Å². The number of nitro groups is 1. The molecule has 78 valence electrons. The van der Waals surface area contributed by atoms with E-state index in [0.717, 1.165) is 12.1 Å². The van der Waals surface area contributed by atoms with Gasteiger partial charge in [0.1, 0.15) is 11.1 Å². The lowest BCUT2D eigenvalue weighted by Crippen LogP contribution is -2.15. The number of hydrogen-bond acceptors (Lipinski definition) is 4. The van der Waals surface area contributed by atoms with Crippen LogP contribution in [0.15, 0.2) is 18.2 Å². The van der Waals surface area contributed by atoms with E-state index in [2.05, 4.69) is 0 Å². The third-order valence-electron chi connectivity index (χ3n) is 1.71. The summed E-state index contributed by atoms with van der Waals surface area (Å²) in [7, 11) is 0. The Bertz CT molecular complexity index is 422. The Hall–Kier alpha value is -2.44. The number of rotatable bonds is 3. The molecule has 0 spiro atoms. The van der Waals surface area contributed by atoms with Crippen molar-refractivity contribution in [3.8, 4) is 0 Å². The minimum Gasteiger partial charge on any atom is -0.477 e. The fourth-order valence-electron chi connectivity index (χ4n) is 1.11. The molecule has 0 atom stereocenters. The first-order valence-electron chi connectivity index (χ1n) is 3.75. The van der Waals surface area contributed by atoms with E-state index in [0.29, 0.717) is 0 Å². The van der Waals surface area contributed by atoms with Gasteiger partial charge in [0.15, 0.2) is 0 Å². The lowest BCUT2D eigenvalue weighted by molar-refractivity contribution is -0.385. The molecule has 7 nitrogen and oxygen atoms in total. The second-order valence-electron chi connectivity index (χ2n) is 2.63. The number of primary amides is 1. The van der Waals surface area contributed by atoms with Crippen LogP contribution in [0.5, 0.6) is 0 Å². The van der Waals surface area contributed by atoms with E-state index in [9.17, 15) is 19.7 Å². The van der Waals surface area contributed by atoms with Crippen LogP contribution in [0.1, 0.15) is 20.7 Å². The normalized spacial score (nSPS) is 9.60. The number of nitrogens with two attached hydrogens (primary N) is 1. The van der Waals surface area contributed by atoms with E-state index < -0.39 is 33.6 Å². The third kappa shape index (κ3) is 1.90. The average molecular weight is 210 g/mol. The highest BCUT2D eigenvalue weighted by Crippen LogP contribution is 2.23. The van der Waals surface area contributed by atoms with Gasteiger partial charge in [-0.15, -0.1) is 0 Å². The van der Waals surface area contributed by atoms with Gasteiger partial charge in [0, 0.05) is 0 Å². The smallest absolute Gasteiger partial charge is 0.342 e. The fraction of sp³-hybridized carbons (Fsp3) is 0. The largest absolute Gasteiger partial charge is 0.477 e. The van der Waals surface area contributed by atoms with Crippen LogP contribution in [0.3, 0.4) is 0 Å². The molecule has 0 fully saturated rings. The predicted molar refractivity (Wildman–Crippen MR) is 48.6 cm³/mol. The molecule has 7 heteroatoms. The van der Waals surface area contributed by atoms with Gasteiger partial charge in [-0.3, -0.25) is 14.9 Å². The number of nitro benzene ring substituents is 1. The number of benzene rings is 1. The first-order chi connectivity index (χ1) is 6.95. The number of carboxylic acid groups (broad SMARTS) is 1. The van der Waals surface area contributed by atoms with E-state index >= 15 is 0 Å². The van der Waals surface area contributed by atoms with E-state index in [4.69, 9.17) is 10.8 Å². The average Bonchev–Trinajstić information content (AvgIpc) is 2.16. The molecule has 0 saturated heterocycles. The van der Waals surface area contributed by atoms with Gasteiger partial charge in [-0.1, -0.05) is 6.07 Å². The molecule has 0 saturated carbocycles. The number of amides is 1. The Labute approximate surface area is 83.3 Å². The molecule has 1 amide bonds. The van der Waals surface area contributed by atoms with Crippen LogP contribution in [0.4, 0.5) is 5.69 Å². The maximum Gasteiger partial charge on any atom is 0.342 e. The van der Waals surface area contributed by atoms with Crippen molar-refractivity contribution in [2.45, 2.75) is 0 Å². The summed E-state index contributed by atoms with van der Waals surface area (Å²) in [6, 6.07) is 3.36. The van der Waals surface area contributed by atoms with E-state index in [1.165, 1.54) is 6.07 Å². The van der Waals surface area contributed by atoms with Gasteiger partial charge >= 0.3 is 5.97 Å². The lowest BCUT2D eigenvalue weighted by Gasteiger charge is -2.01. The number of nitrogens with zero attached hydrogens (tertiary/aromatic N) is 1. The summed E-state index contributed by atoms with van der Waals surface area (Å²) in [4.78, 5) is 31.1. The number of carbonyl (C=O) groups excluding carboxylic acids is 1. The molecular formula is C8H6N2O5. The molecule has 3 N–H and O–H groups in total. The molecule has 0 bridgehead atoms. The first kappa shape index (κ1) is 10.6. The van der Waals surface area contributed by atoms with Crippen LogP contribution >= 0.6 is 0 Å². The van der Waals surface area contributed by atoms with Crippen molar-refractivity contribution >= 4 is 17.6 Å². The van der Waals surface area contributed by atoms with Crippen LogP contribution < -0.4 is 5.73 Å². The maximum absolute atomic E-state index is 10.8. The van der Waals surface area contributed by atoms with Crippen LogP contribution in [-0.4, -0.2) is 21.9 Å². The lowest BCUT2D eigenvalue weighted by atomic mass is 10.1. The van der Waals surface area contributed by atoms with Gasteiger partial charge in [-0.25, -0.2) is 4.79 Å². The zero-order chi connectivity index (χ0) is 11.6.